The number of imidazole rings is 1. The second-order valence-electron chi connectivity index (χ2n) is 7.41. The largest absolute Gasteiger partial charge is 0.462 e. The van der Waals surface area contributed by atoms with Crippen LogP contribution in [0.3, 0.4) is 0 Å². The number of fused-ring (bicyclic) bond motifs is 2. The second-order valence-corrected chi connectivity index (χ2v) is 9.54. The lowest BCUT2D eigenvalue weighted by Gasteiger charge is -2.32. The highest BCUT2D eigenvalue weighted by molar-refractivity contribution is 7.71. The van der Waals surface area contributed by atoms with Gasteiger partial charge in [-0.3, -0.25) is 18.4 Å². The summed E-state index contributed by atoms with van der Waals surface area (Å²) in [4.78, 5) is 23.3. The highest BCUT2D eigenvalue weighted by atomic mass is 32.1. The van der Waals surface area contributed by atoms with Crippen LogP contribution in [0.5, 0.6) is 0 Å². The summed E-state index contributed by atoms with van der Waals surface area (Å²) >= 11 is 5.23. The topological polar surface area (TPSA) is 156 Å². The molecule has 0 radical (unpaired) electrons. The number of hydrogen-bond acceptors (Lipinski definition) is 10. The van der Waals surface area contributed by atoms with Gasteiger partial charge in [-0.1, -0.05) is 12.2 Å². The number of rotatable bonds is 5. The molecule has 0 aliphatic carbocycles. The van der Waals surface area contributed by atoms with Gasteiger partial charge in [0.05, 0.1) is 19.0 Å². The molecule has 0 saturated carbocycles. The lowest BCUT2D eigenvalue weighted by atomic mass is 10.2. The standard InChI is InChI=1S/C16H23N6O6PS/c1-7(2)26-15(23)8(3)21-29(24)25-5-10-9(28-29)4-11(27-10)22-6-18-12-13(22)19-16(17)20-14(12)30/h6-11H,4-5H2,1-3H3,(H,21,24)(H3,17,19,20,30)/t8-,9-,10+,11+,29+/m0/s1. The molecule has 12 nitrogen and oxygen atoms in total. The zero-order valence-corrected chi connectivity index (χ0v) is 18.3. The van der Waals surface area contributed by atoms with Gasteiger partial charge in [0.1, 0.15) is 34.6 Å². The highest BCUT2D eigenvalue weighted by Crippen LogP contribution is 2.53. The van der Waals surface area contributed by atoms with Crippen LogP contribution >= 0.6 is 20.0 Å². The van der Waals surface area contributed by atoms with Gasteiger partial charge in [0.2, 0.25) is 5.95 Å². The predicted octanol–water partition coefficient (Wildman–Crippen LogP) is 1.81. The van der Waals surface area contributed by atoms with Crippen molar-refractivity contribution in [1.29, 1.82) is 0 Å². The van der Waals surface area contributed by atoms with E-state index in [2.05, 4.69) is 20.0 Å². The lowest BCUT2D eigenvalue weighted by Crippen LogP contribution is -2.41. The molecule has 0 amide bonds. The molecule has 5 atom stereocenters. The summed E-state index contributed by atoms with van der Waals surface area (Å²) in [7, 11) is -3.72. The van der Waals surface area contributed by atoms with Crippen molar-refractivity contribution in [3.63, 3.8) is 0 Å². The van der Waals surface area contributed by atoms with E-state index in [4.69, 9.17) is 36.5 Å². The van der Waals surface area contributed by atoms with Gasteiger partial charge >= 0.3 is 13.7 Å². The van der Waals surface area contributed by atoms with Gasteiger partial charge in [-0.05, 0) is 20.8 Å². The molecule has 4 N–H and O–H groups in total. The Kier molecular flexibility index (Phi) is 5.68. The fraction of sp³-hybridized carbons (Fsp3) is 0.625. The molecule has 2 aliphatic rings. The number of anilines is 1. The maximum atomic E-state index is 13.0. The Morgan fingerprint density at radius 2 is 2.23 bits per heavy atom. The number of carbonyl (C=O) groups excluding carboxylic acids is 1. The molecule has 2 aromatic heterocycles. The van der Waals surface area contributed by atoms with Crippen LogP contribution in [0.15, 0.2) is 6.33 Å². The van der Waals surface area contributed by atoms with E-state index in [-0.39, 0.29) is 18.7 Å². The first-order valence-electron chi connectivity index (χ1n) is 9.44. The van der Waals surface area contributed by atoms with E-state index in [1.165, 1.54) is 6.92 Å². The number of carbonyl (C=O) groups is 1. The van der Waals surface area contributed by atoms with Crippen LogP contribution in [-0.4, -0.2) is 56.4 Å². The first kappa shape index (κ1) is 21.3. The third kappa shape index (κ3) is 4.13. The summed E-state index contributed by atoms with van der Waals surface area (Å²) in [5.74, 6) is -0.375. The second kappa shape index (κ2) is 7.98. The van der Waals surface area contributed by atoms with E-state index in [1.54, 1.807) is 24.7 Å². The summed E-state index contributed by atoms with van der Waals surface area (Å²) in [6.07, 6.45) is 0.222. The van der Waals surface area contributed by atoms with Crippen LogP contribution in [-0.2, 0) is 27.9 Å². The van der Waals surface area contributed by atoms with Crippen molar-refractivity contribution in [2.24, 2.45) is 0 Å². The van der Waals surface area contributed by atoms with Crippen molar-refractivity contribution in [2.45, 2.75) is 57.8 Å². The molecule has 164 valence electrons. The van der Waals surface area contributed by atoms with Crippen molar-refractivity contribution in [2.75, 3.05) is 12.3 Å². The van der Waals surface area contributed by atoms with Crippen molar-refractivity contribution < 1.29 is 27.9 Å². The average molecular weight is 458 g/mol. The third-order valence-electron chi connectivity index (χ3n) is 4.68. The Morgan fingerprint density at radius 3 is 2.97 bits per heavy atom. The SMILES string of the molecule is CC(C)OC(=O)[C@H](C)N[P@@]1(=O)OC[C@H]2O[C@@H](n3cnc4c(=S)[nH]c(N)nc43)C[C@@H]2O1. The van der Waals surface area contributed by atoms with Gasteiger partial charge < -0.3 is 20.2 Å². The van der Waals surface area contributed by atoms with Crippen LogP contribution in [0.4, 0.5) is 5.95 Å². The number of aromatic amines is 1. The van der Waals surface area contributed by atoms with E-state index in [1.807, 2.05) is 0 Å². The maximum Gasteiger partial charge on any atom is 0.406 e. The number of nitrogens with one attached hydrogen (secondary N) is 2. The molecule has 0 unspecified atom stereocenters. The molecular formula is C16H23N6O6PS. The molecule has 2 saturated heterocycles. The van der Waals surface area contributed by atoms with Gasteiger partial charge in [0.15, 0.2) is 5.65 Å². The molecule has 30 heavy (non-hydrogen) atoms. The van der Waals surface area contributed by atoms with E-state index < -0.39 is 38.2 Å². The number of nitrogen functional groups attached to an aromatic ring is 1. The number of nitrogens with two attached hydrogens (primary N) is 1. The number of esters is 1. The van der Waals surface area contributed by atoms with Crippen LogP contribution in [0.25, 0.3) is 11.2 Å². The van der Waals surface area contributed by atoms with Crippen molar-refractivity contribution in [3.05, 3.63) is 11.0 Å². The molecule has 0 spiro atoms. The van der Waals surface area contributed by atoms with E-state index in [9.17, 15) is 9.36 Å². The Morgan fingerprint density at radius 1 is 1.47 bits per heavy atom. The Bertz CT molecular complexity index is 1070. The van der Waals surface area contributed by atoms with Crippen LogP contribution in [0.2, 0.25) is 0 Å². The molecule has 2 aromatic rings. The van der Waals surface area contributed by atoms with Gasteiger partial charge in [-0.2, -0.15) is 4.98 Å². The van der Waals surface area contributed by atoms with Crippen LogP contribution in [0.1, 0.15) is 33.4 Å². The Labute approximate surface area is 177 Å². The zero-order valence-electron chi connectivity index (χ0n) is 16.6. The molecule has 4 rings (SSSR count). The van der Waals surface area contributed by atoms with E-state index in [0.717, 1.165) is 0 Å². The van der Waals surface area contributed by atoms with Gasteiger partial charge in [0, 0.05) is 6.42 Å². The molecule has 0 aromatic carbocycles. The lowest BCUT2D eigenvalue weighted by molar-refractivity contribution is -0.149. The van der Waals surface area contributed by atoms with Crippen molar-refractivity contribution in [3.8, 4) is 0 Å². The first-order valence-corrected chi connectivity index (χ1v) is 11.4. The van der Waals surface area contributed by atoms with Gasteiger partial charge in [-0.15, -0.1) is 0 Å². The minimum Gasteiger partial charge on any atom is -0.462 e. The fourth-order valence-electron chi connectivity index (χ4n) is 3.36. The normalized spacial score (nSPS) is 29.8. The number of nitrogens with zero attached hydrogens (tertiary/aromatic N) is 3. The smallest absolute Gasteiger partial charge is 0.406 e. The first-order chi connectivity index (χ1) is 14.1. The molecule has 0 bridgehead atoms. The van der Waals surface area contributed by atoms with Gasteiger partial charge in [-0.25, -0.2) is 14.6 Å². The summed E-state index contributed by atoms with van der Waals surface area (Å²) in [5.41, 5.74) is 6.74. The molecule has 14 heteroatoms. The van der Waals surface area contributed by atoms with Crippen LogP contribution < -0.4 is 10.8 Å². The quantitative estimate of drug-likeness (QED) is 0.341. The summed E-state index contributed by atoms with van der Waals surface area (Å²) in [6, 6.07) is -0.862. The average Bonchev–Trinajstić information content (AvgIpc) is 3.23. The molecule has 2 aliphatic heterocycles. The number of H-pyrrole nitrogens is 1. The maximum absolute atomic E-state index is 13.0. The Balaban J connectivity index is 1.47. The minimum atomic E-state index is -3.72. The summed E-state index contributed by atoms with van der Waals surface area (Å²) in [6.45, 7) is 5.04. The number of hydrogen-bond donors (Lipinski definition) is 3. The summed E-state index contributed by atoms with van der Waals surface area (Å²) in [5, 5.41) is 2.62. The molecular weight excluding hydrogens is 435 g/mol. The minimum absolute atomic E-state index is 0.0413. The number of aromatic nitrogens is 4. The Hall–Kier alpha value is -1.89. The number of ether oxygens (including phenoxy) is 2. The van der Waals surface area contributed by atoms with E-state index in [0.29, 0.717) is 22.2 Å². The van der Waals surface area contributed by atoms with E-state index >= 15 is 0 Å². The molecule has 4 heterocycles. The third-order valence-corrected chi connectivity index (χ3v) is 6.72. The van der Waals surface area contributed by atoms with Crippen LogP contribution in [0, 0.1) is 4.64 Å². The predicted molar refractivity (Wildman–Crippen MR) is 108 cm³/mol. The van der Waals surface area contributed by atoms with Crippen molar-refractivity contribution in [1.82, 2.24) is 24.6 Å². The molecule has 2 fully saturated rings. The zero-order chi connectivity index (χ0) is 21.6. The fourth-order valence-corrected chi connectivity index (χ4v) is 5.30. The monoisotopic (exact) mass is 458 g/mol. The highest BCUT2D eigenvalue weighted by Gasteiger charge is 2.48. The van der Waals surface area contributed by atoms with Crippen molar-refractivity contribution >= 4 is 43.0 Å². The summed E-state index contributed by atoms with van der Waals surface area (Å²) < 4.78 is 37.3. The van der Waals surface area contributed by atoms with Gasteiger partial charge in [0.25, 0.3) is 0 Å².